The molecule has 0 unspecified atom stereocenters. The van der Waals surface area contributed by atoms with Crippen molar-refractivity contribution >= 4 is 29.9 Å². The molecule has 0 bridgehead atoms. The van der Waals surface area contributed by atoms with E-state index in [2.05, 4.69) is 5.32 Å². The Morgan fingerprint density at radius 1 is 1.41 bits per heavy atom. The quantitative estimate of drug-likeness (QED) is 0.896. The van der Waals surface area contributed by atoms with Crippen molar-refractivity contribution in [2.24, 2.45) is 0 Å². The summed E-state index contributed by atoms with van der Waals surface area (Å²) in [6, 6.07) is 5.76. The third kappa shape index (κ3) is 3.12. The number of hydrogen-bond donors (Lipinski definition) is 1. The predicted molar refractivity (Wildman–Crippen MR) is 72.2 cm³/mol. The highest BCUT2D eigenvalue weighted by molar-refractivity contribution is 6.31. The Bertz CT molecular complexity index is 399. The summed E-state index contributed by atoms with van der Waals surface area (Å²) in [5.74, 6) is 0.0390. The molecule has 0 aliphatic carbocycles. The van der Waals surface area contributed by atoms with Gasteiger partial charge in [0.1, 0.15) is 0 Å². The maximum absolute atomic E-state index is 12.1. The summed E-state index contributed by atoms with van der Waals surface area (Å²) < 4.78 is 0. The Morgan fingerprint density at radius 3 is 2.53 bits per heavy atom. The molecular formula is C12H16Cl2N2O. The Morgan fingerprint density at radius 2 is 2.06 bits per heavy atom. The van der Waals surface area contributed by atoms with Gasteiger partial charge in [-0.15, -0.1) is 12.4 Å². The number of nitrogens with zero attached hydrogens (tertiary/aromatic N) is 1. The van der Waals surface area contributed by atoms with Crippen molar-refractivity contribution in [3.8, 4) is 0 Å². The van der Waals surface area contributed by atoms with Gasteiger partial charge >= 0.3 is 0 Å². The van der Waals surface area contributed by atoms with Crippen LogP contribution in [-0.4, -0.2) is 37.0 Å². The van der Waals surface area contributed by atoms with Crippen molar-refractivity contribution in [1.29, 1.82) is 0 Å². The first-order valence-electron chi connectivity index (χ1n) is 5.33. The molecule has 1 aromatic rings. The van der Waals surface area contributed by atoms with E-state index in [0.29, 0.717) is 16.6 Å². The third-order valence-corrected chi connectivity index (χ3v) is 3.14. The van der Waals surface area contributed by atoms with E-state index in [-0.39, 0.29) is 18.3 Å². The number of carbonyl (C=O) groups excluding carboxylic acids is 1. The van der Waals surface area contributed by atoms with Crippen molar-refractivity contribution in [2.75, 3.05) is 20.1 Å². The molecule has 1 N–H and O–H groups in total. The number of rotatable bonds is 2. The predicted octanol–water partition coefficient (Wildman–Crippen LogP) is 2.11. The molecule has 1 fully saturated rings. The van der Waals surface area contributed by atoms with Gasteiger partial charge in [-0.2, -0.15) is 0 Å². The molecule has 3 nitrogen and oxygen atoms in total. The van der Waals surface area contributed by atoms with Crippen LogP contribution in [0.15, 0.2) is 18.2 Å². The number of carbonyl (C=O) groups is 1. The monoisotopic (exact) mass is 274 g/mol. The second-order valence-corrected chi connectivity index (χ2v) is 4.68. The first-order chi connectivity index (χ1) is 7.58. The average molecular weight is 275 g/mol. The SMILES string of the molecule is Cc1cc(Cl)cc(C(=O)N(C)C2CNC2)c1.Cl. The minimum Gasteiger partial charge on any atom is -0.336 e. The highest BCUT2D eigenvalue weighted by Crippen LogP contribution is 2.17. The van der Waals surface area contributed by atoms with E-state index in [9.17, 15) is 4.79 Å². The zero-order valence-corrected chi connectivity index (χ0v) is 11.4. The molecule has 0 saturated carbocycles. The molecule has 0 radical (unpaired) electrons. The fraction of sp³-hybridized carbons (Fsp3) is 0.417. The summed E-state index contributed by atoms with van der Waals surface area (Å²) in [4.78, 5) is 13.9. The maximum Gasteiger partial charge on any atom is 0.253 e. The fourth-order valence-electron chi connectivity index (χ4n) is 1.78. The second kappa shape index (κ2) is 5.71. The zero-order chi connectivity index (χ0) is 11.7. The number of amides is 1. The van der Waals surface area contributed by atoms with Gasteiger partial charge < -0.3 is 10.2 Å². The highest BCUT2D eigenvalue weighted by atomic mass is 35.5. The molecule has 1 amide bonds. The van der Waals surface area contributed by atoms with Crippen LogP contribution in [0.5, 0.6) is 0 Å². The molecule has 1 aliphatic heterocycles. The number of aryl methyl sites for hydroxylation is 1. The van der Waals surface area contributed by atoms with Crippen LogP contribution in [0.2, 0.25) is 5.02 Å². The topological polar surface area (TPSA) is 32.3 Å². The Hall–Kier alpha value is -0.770. The summed E-state index contributed by atoms with van der Waals surface area (Å²) in [6.45, 7) is 3.69. The lowest BCUT2D eigenvalue weighted by atomic mass is 10.1. The van der Waals surface area contributed by atoms with Crippen LogP contribution in [0.25, 0.3) is 0 Å². The Kier molecular flexibility index (Phi) is 4.80. The smallest absolute Gasteiger partial charge is 0.253 e. The third-order valence-electron chi connectivity index (χ3n) is 2.92. The lowest BCUT2D eigenvalue weighted by molar-refractivity contribution is 0.0681. The molecule has 94 valence electrons. The fourth-order valence-corrected chi connectivity index (χ4v) is 2.07. The average Bonchev–Trinajstić information content (AvgIpc) is 2.12. The van der Waals surface area contributed by atoms with E-state index in [4.69, 9.17) is 11.6 Å². The molecular weight excluding hydrogens is 259 g/mol. The maximum atomic E-state index is 12.1. The van der Waals surface area contributed by atoms with Crippen molar-refractivity contribution in [3.05, 3.63) is 34.3 Å². The van der Waals surface area contributed by atoms with Crippen molar-refractivity contribution in [1.82, 2.24) is 10.2 Å². The van der Waals surface area contributed by atoms with E-state index in [0.717, 1.165) is 18.7 Å². The number of hydrogen-bond acceptors (Lipinski definition) is 2. The number of halogens is 2. The minimum atomic E-state index is 0. The molecule has 0 aromatic heterocycles. The van der Waals surface area contributed by atoms with Gasteiger partial charge in [0.2, 0.25) is 0 Å². The summed E-state index contributed by atoms with van der Waals surface area (Å²) in [5.41, 5.74) is 1.68. The number of likely N-dealkylation sites (N-methyl/N-ethyl adjacent to an activating group) is 1. The molecule has 1 heterocycles. The molecule has 5 heteroatoms. The van der Waals surface area contributed by atoms with E-state index in [1.54, 1.807) is 11.0 Å². The van der Waals surface area contributed by atoms with Crippen LogP contribution in [0, 0.1) is 6.92 Å². The molecule has 1 saturated heterocycles. The van der Waals surface area contributed by atoms with E-state index >= 15 is 0 Å². The van der Waals surface area contributed by atoms with Crippen LogP contribution in [0.1, 0.15) is 15.9 Å². The van der Waals surface area contributed by atoms with Crippen molar-refractivity contribution in [2.45, 2.75) is 13.0 Å². The Labute approximate surface area is 113 Å². The zero-order valence-electron chi connectivity index (χ0n) is 9.87. The first kappa shape index (κ1) is 14.3. The van der Waals surface area contributed by atoms with Gasteiger partial charge in [-0.3, -0.25) is 4.79 Å². The lowest BCUT2D eigenvalue weighted by Crippen LogP contribution is -2.57. The van der Waals surface area contributed by atoms with Gasteiger partial charge in [0.15, 0.2) is 0 Å². The van der Waals surface area contributed by atoms with Crippen molar-refractivity contribution < 1.29 is 4.79 Å². The molecule has 0 spiro atoms. The number of benzene rings is 1. The van der Waals surface area contributed by atoms with E-state index in [1.165, 1.54) is 0 Å². The largest absolute Gasteiger partial charge is 0.336 e. The molecule has 1 aliphatic rings. The standard InChI is InChI=1S/C12H15ClN2O.ClH/c1-8-3-9(5-10(13)4-8)12(16)15(2)11-6-14-7-11;/h3-5,11,14H,6-7H2,1-2H3;1H. The summed E-state index contributed by atoms with van der Waals surface area (Å²) in [7, 11) is 1.84. The second-order valence-electron chi connectivity index (χ2n) is 4.25. The highest BCUT2D eigenvalue weighted by Gasteiger charge is 2.26. The van der Waals surface area contributed by atoms with Gasteiger partial charge in [-0.25, -0.2) is 0 Å². The van der Waals surface area contributed by atoms with Crippen LogP contribution < -0.4 is 5.32 Å². The summed E-state index contributed by atoms with van der Waals surface area (Å²) in [6.07, 6.45) is 0. The Balaban J connectivity index is 0.00000144. The van der Waals surface area contributed by atoms with Gasteiger partial charge in [0, 0.05) is 30.7 Å². The number of nitrogens with one attached hydrogen (secondary N) is 1. The van der Waals surface area contributed by atoms with Crippen LogP contribution in [0.3, 0.4) is 0 Å². The van der Waals surface area contributed by atoms with E-state index in [1.807, 2.05) is 26.1 Å². The first-order valence-corrected chi connectivity index (χ1v) is 5.71. The van der Waals surface area contributed by atoms with Crippen LogP contribution in [0.4, 0.5) is 0 Å². The molecule has 0 atom stereocenters. The lowest BCUT2D eigenvalue weighted by Gasteiger charge is -2.35. The van der Waals surface area contributed by atoms with Crippen LogP contribution in [-0.2, 0) is 0 Å². The molecule has 17 heavy (non-hydrogen) atoms. The van der Waals surface area contributed by atoms with Gasteiger partial charge in [0.05, 0.1) is 6.04 Å². The molecule has 1 aromatic carbocycles. The van der Waals surface area contributed by atoms with Gasteiger partial charge in [0.25, 0.3) is 5.91 Å². The van der Waals surface area contributed by atoms with E-state index < -0.39 is 0 Å². The minimum absolute atomic E-state index is 0. The summed E-state index contributed by atoms with van der Waals surface area (Å²) in [5, 5.41) is 3.77. The van der Waals surface area contributed by atoms with Crippen LogP contribution >= 0.6 is 24.0 Å². The molecule has 2 rings (SSSR count). The summed E-state index contributed by atoms with van der Waals surface area (Å²) >= 11 is 5.94. The van der Waals surface area contributed by atoms with Gasteiger partial charge in [-0.1, -0.05) is 11.6 Å². The van der Waals surface area contributed by atoms with Gasteiger partial charge in [-0.05, 0) is 30.7 Å². The van der Waals surface area contributed by atoms with Crippen molar-refractivity contribution in [3.63, 3.8) is 0 Å². The normalized spacial score (nSPS) is 14.8.